The van der Waals surface area contributed by atoms with Crippen molar-refractivity contribution in [2.45, 2.75) is 18.7 Å². The van der Waals surface area contributed by atoms with Gasteiger partial charge in [-0.15, -0.1) is 11.8 Å². The third-order valence-corrected chi connectivity index (χ3v) is 5.77. The smallest absolute Gasteiger partial charge is 0.308 e. The van der Waals surface area contributed by atoms with Crippen LogP contribution >= 0.6 is 35.0 Å². The Hall–Kier alpha value is -1.36. The average molecular weight is 381 g/mol. The van der Waals surface area contributed by atoms with E-state index in [-0.39, 0.29) is 11.4 Å². The predicted octanol–water partition coefficient (Wildman–Crippen LogP) is 5.84. The second-order valence-corrected chi connectivity index (χ2v) is 7.60. The van der Waals surface area contributed by atoms with Crippen molar-refractivity contribution < 1.29 is 4.79 Å². The first kappa shape index (κ1) is 17.5. The number of thioether (sulfide) groups is 1. The number of carbonyl (C=O) groups excluding carboxylic acids is 1. The lowest BCUT2D eigenvalue weighted by atomic mass is 10.1. The molecule has 6 heteroatoms. The van der Waals surface area contributed by atoms with Crippen LogP contribution in [-0.2, 0) is 6.42 Å². The van der Waals surface area contributed by atoms with Gasteiger partial charge in [0.05, 0.1) is 0 Å². The number of benzene rings is 2. The lowest BCUT2D eigenvalue weighted by molar-refractivity contribution is 0.214. The molecule has 2 aromatic carbocycles. The van der Waals surface area contributed by atoms with Gasteiger partial charge in [0, 0.05) is 33.6 Å². The van der Waals surface area contributed by atoms with Gasteiger partial charge >= 0.3 is 6.03 Å². The van der Waals surface area contributed by atoms with Crippen molar-refractivity contribution in [2.75, 3.05) is 17.6 Å². The maximum absolute atomic E-state index is 12.7. The first-order valence-electron chi connectivity index (χ1n) is 7.81. The number of carbonyl (C=O) groups is 1. The molecule has 1 aliphatic heterocycles. The highest BCUT2D eigenvalue weighted by molar-refractivity contribution is 7.99. The van der Waals surface area contributed by atoms with Gasteiger partial charge in [0.1, 0.15) is 5.37 Å². The summed E-state index contributed by atoms with van der Waals surface area (Å²) in [5.74, 6) is 0.881. The molecule has 3 rings (SSSR count). The molecular formula is C18H18Cl2N2OS. The van der Waals surface area contributed by atoms with Gasteiger partial charge < -0.3 is 10.2 Å². The topological polar surface area (TPSA) is 32.3 Å². The first-order valence-corrected chi connectivity index (χ1v) is 9.62. The predicted molar refractivity (Wildman–Crippen MR) is 103 cm³/mol. The van der Waals surface area contributed by atoms with Gasteiger partial charge in [-0.3, -0.25) is 0 Å². The fourth-order valence-corrected chi connectivity index (χ4v) is 4.57. The molecule has 0 spiro atoms. The van der Waals surface area contributed by atoms with Crippen molar-refractivity contribution in [1.29, 1.82) is 0 Å². The van der Waals surface area contributed by atoms with Crippen LogP contribution in [0.4, 0.5) is 10.5 Å². The number of anilines is 1. The minimum Gasteiger partial charge on any atom is -0.308 e. The number of nitrogens with zero attached hydrogens (tertiary/aromatic N) is 1. The third kappa shape index (κ3) is 3.82. The van der Waals surface area contributed by atoms with Gasteiger partial charge in [-0.25, -0.2) is 4.79 Å². The van der Waals surface area contributed by atoms with Crippen LogP contribution in [0.15, 0.2) is 42.5 Å². The molecule has 1 saturated heterocycles. The molecule has 1 aliphatic rings. The van der Waals surface area contributed by atoms with Crippen LogP contribution in [-0.4, -0.2) is 23.2 Å². The van der Waals surface area contributed by atoms with Gasteiger partial charge in [-0.05, 0) is 36.2 Å². The van der Waals surface area contributed by atoms with E-state index >= 15 is 0 Å². The Balaban J connectivity index is 1.78. The molecule has 1 N–H and O–H groups in total. The third-order valence-electron chi connectivity index (χ3n) is 3.97. The maximum atomic E-state index is 12.7. The summed E-state index contributed by atoms with van der Waals surface area (Å²) in [6.45, 7) is 2.78. The molecule has 0 aromatic heterocycles. The molecule has 3 nitrogen and oxygen atoms in total. The highest BCUT2D eigenvalue weighted by atomic mass is 35.5. The molecule has 1 fully saturated rings. The maximum Gasteiger partial charge on any atom is 0.323 e. The van der Waals surface area contributed by atoms with Gasteiger partial charge in [-0.1, -0.05) is 48.3 Å². The fraction of sp³-hybridized carbons (Fsp3) is 0.278. The average Bonchev–Trinajstić information content (AvgIpc) is 3.04. The molecular weight excluding hydrogens is 363 g/mol. The second-order valence-electron chi connectivity index (χ2n) is 5.57. The largest absolute Gasteiger partial charge is 0.323 e. The zero-order valence-electron chi connectivity index (χ0n) is 13.3. The van der Waals surface area contributed by atoms with Gasteiger partial charge in [0.15, 0.2) is 0 Å². The summed E-state index contributed by atoms with van der Waals surface area (Å²) >= 11 is 14.0. The Bertz CT molecular complexity index is 754. The van der Waals surface area contributed by atoms with Gasteiger partial charge in [-0.2, -0.15) is 0 Å². The summed E-state index contributed by atoms with van der Waals surface area (Å²) in [5, 5.41) is 4.09. The minimum absolute atomic E-state index is 0.0934. The molecule has 0 saturated carbocycles. The van der Waals surface area contributed by atoms with Gasteiger partial charge in [0.2, 0.25) is 0 Å². The van der Waals surface area contributed by atoms with Crippen LogP contribution in [0.2, 0.25) is 10.0 Å². The first-order chi connectivity index (χ1) is 11.6. The number of hydrogen-bond donors (Lipinski definition) is 1. The van der Waals surface area contributed by atoms with Crippen molar-refractivity contribution in [3.8, 4) is 0 Å². The summed E-state index contributed by atoms with van der Waals surface area (Å²) in [6.07, 6.45) is 0.937. The SMILES string of the molecule is CCc1cccc(NC(=O)N2CCSC2c2ccc(Cl)cc2Cl)c1. The lowest BCUT2D eigenvalue weighted by Crippen LogP contribution is -2.34. The van der Waals surface area contributed by atoms with Crippen LogP contribution < -0.4 is 5.32 Å². The van der Waals surface area contributed by atoms with E-state index in [2.05, 4.69) is 18.3 Å². The van der Waals surface area contributed by atoms with E-state index in [1.165, 1.54) is 5.56 Å². The van der Waals surface area contributed by atoms with Crippen LogP contribution in [0.5, 0.6) is 0 Å². The normalized spacial score (nSPS) is 17.1. The summed E-state index contributed by atoms with van der Waals surface area (Å²) in [4.78, 5) is 14.5. The number of nitrogens with one attached hydrogen (secondary N) is 1. The molecule has 0 radical (unpaired) electrons. The molecule has 1 unspecified atom stereocenters. The van der Waals surface area contributed by atoms with Crippen molar-refractivity contribution >= 4 is 46.7 Å². The molecule has 0 bridgehead atoms. The molecule has 24 heavy (non-hydrogen) atoms. The van der Waals surface area contributed by atoms with Crippen LogP contribution in [0.3, 0.4) is 0 Å². The second kappa shape index (κ2) is 7.68. The monoisotopic (exact) mass is 380 g/mol. The van der Waals surface area contributed by atoms with Crippen molar-refractivity contribution in [1.82, 2.24) is 4.90 Å². The van der Waals surface area contributed by atoms with E-state index in [9.17, 15) is 4.79 Å². The number of urea groups is 1. The van der Waals surface area contributed by atoms with Crippen molar-refractivity contribution in [3.05, 3.63) is 63.6 Å². The summed E-state index contributed by atoms with van der Waals surface area (Å²) < 4.78 is 0. The van der Waals surface area contributed by atoms with Crippen molar-refractivity contribution in [3.63, 3.8) is 0 Å². The van der Waals surface area contributed by atoms with Gasteiger partial charge in [0.25, 0.3) is 0 Å². The highest BCUT2D eigenvalue weighted by Gasteiger charge is 2.32. The number of aryl methyl sites for hydroxylation is 1. The quantitative estimate of drug-likeness (QED) is 0.725. The number of hydrogen-bond acceptors (Lipinski definition) is 2. The zero-order chi connectivity index (χ0) is 17.1. The molecule has 0 aliphatic carbocycles. The molecule has 1 heterocycles. The summed E-state index contributed by atoms with van der Waals surface area (Å²) in [6, 6.07) is 13.2. The Morgan fingerprint density at radius 1 is 1.29 bits per heavy atom. The Kier molecular flexibility index (Phi) is 5.59. The summed E-state index contributed by atoms with van der Waals surface area (Å²) in [7, 11) is 0. The number of rotatable bonds is 3. The minimum atomic E-state index is -0.107. The molecule has 2 amide bonds. The number of amides is 2. The van der Waals surface area contributed by atoms with Crippen LogP contribution in [0.1, 0.15) is 23.4 Å². The number of halogens is 2. The van der Waals surface area contributed by atoms with Crippen LogP contribution in [0.25, 0.3) is 0 Å². The Labute approximate surface area is 156 Å². The molecule has 126 valence electrons. The molecule has 2 aromatic rings. The van der Waals surface area contributed by atoms with Crippen LogP contribution in [0, 0.1) is 0 Å². The zero-order valence-corrected chi connectivity index (χ0v) is 15.6. The Morgan fingerprint density at radius 3 is 2.88 bits per heavy atom. The lowest BCUT2D eigenvalue weighted by Gasteiger charge is -2.25. The summed E-state index contributed by atoms with van der Waals surface area (Å²) in [5.41, 5.74) is 2.93. The van der Waals surface area contributed by atoms with E-state index in [0.29, 0.717) is 16.6 Å². The fourth-order valence-electron chi connectivity index (χ4n) is 2.70. The standard InChI is InChI=1S/C18H18Cl2N2OS/c1-2-12-4-3-5-14(10-12)21-18(23)22-8-9-24-17(22)15-7-6-13(19)11-16(15)20/h3-7,10-11,17H,2,8-9H2,1H3,(H,21,23). The van der Waals surface area contributed by atoms with E-state index in [1.54, 1.807) is 17.8 Å². The van der Waals surface area contributed by atoms with Crippen molar-refractivity contribution in [2.24, 2.45) is 0 Å². The molecule has 1 atom stereocenters. The van der Waals surface area contributed by atoms with E-state index in [4.69, 9.17) is 23.2 Å². The van der Waals surface area contributed by atoms with E-state index < -0.39 is 0 Å². The highest BCUT2D eigenvalue weighted by Crippen LogP contribution is 2.41. The van der Waals surface area contributed by atoms with E-state index in [1.807, 2.05) is 35.2 Å². The Morgan fingerprint density at radius 2 is 2.12 bits per heavy atom. The van der Waals surface area contributed by atoms with E-state index in [0.717, 1.165) is 23.4 Å².